The van der Waals surface area contributed by atoms with E-state index in [2.05, 4.69) is 10.4 Å². The lowest BCUT2D eigenvalue weighted by Gasteiger charge is -2.31. The average molecular weight is 235 g/mol. The summed E-state index contributed by atoms with van der Waals surface area (Å²) < 4.78 is 1.70. The summed E-state index contributed by atoms with van der Waals surface area (Å²) in [4.78, 5) is 11.5. The average Bonchev–Trinajstić information content (AvgIpc) is 2.66. The Bertz CT molecular complexity index is 419. The molecule has 0 atom stereocenters. The first-order valence-corrected chi connectivity index (χ1v) is 5.77. The van der Waals surface area contributed by atoms with Crippen LogP contribution in [0.25, 0.3) is 6.08 Å². The van der Waals surface area contributed by atoms with E-state index in [1.54, 1.807) is 17.0 Å². The highest BCUT2D eigenvalue weighted by Gasteiger charge is 2.26. The Morgan fingerprint density at radius 1 is 1.71 bits per heavy atom. The molecule has 1 heterocycles. The first-order chi connectivity index (χ1) is 8.15. The van der Waals surface area contributed by atoms with Gasteiger partial charge in [-0.3, -0.25) is 9.48 Å². The van der Waals surface area contributed by atoms with Gasteiger partial charge in [0.1, 0.15) is 0 Å². The molecule has 0 bridgehead atoms. The maximum Gasteiger partial charge on any atom is 0.244 e. The Balaban J connectivity index is 1.74. The maximum absolute atomic E-state index is 11.5. The summed E-state index contributed by atoms with van der Waals surface area (Å²) in [5, 5.41) is 15.9. The third kappa shape index (κ3) is 3.17. The van der Waals surface area contributed by atoms with Crippen LogP contribution in [0, 0.1) is 5.92 Å². The fraction of sp³-hybridized carbons (Fsp3) is 0.500. The quantitative estimate of drug-likeness (QED) is 0.739. The molecule has 1 aromatic rings. The van der Waals surface area contributed by atoms with Gasteiger partial charge < -0.3 is 10.4 Å². The molecule has 17 heavy (non-hydrogen) atoms. The summed E-state index contributed by atoms with van der Waals surface area (Å²) in [5.74, 6) is 0.326. The monoisotopic (exact) mass is 235 g/mol. The van der Waals surface area contributed by atoms with Gasteiger partial charge in [0.25, 0.3) is 0 Å². The van der Waals surface area contributed by atoms with Gasteiger partial charge in [-0.25, -0.2) is 0 Å². The first kappa shape index (κ1) is 11.9. The van der Waals surface area contributed by atoms with Crippen LogP contribution in [-0.4, -0.2) is 33.4 Å². The highest BCUT2D eigenvalue weighted by atomic mass is 16.3. The summed E-state index contributed by atoms with van der Waals surface area (Å²) in [6.07, 6.45) is 6.36. The number of nitrogens with zero attached hydrogens (tertiary/aromatic N) is 2. The first-order valence-electron chi connectivity index (χ1n) is 5.77. The van der Waals surface area contributed by atoms with Crippen molar-refractivity contribution in [1.29, 1.82) is 0 Å². The van der Waals surface area contributed by atoms with E-state index in [-0.39, 0.29) is 12.0 Å². The number of hydrogen-bond donors (Lipinski definition) is 2. The van der Waals surface area contributed by atoms with E-state index in [0.717, 1.165) is 18.5 Å². The Kier molecular flexibility index (Phi) is 3.58. The van der Waals surface area contributed by atoms with Gasteiger partial charge in [0.05, 0.1) is 11.8 Å². The number of aliphatic hydroxyl groups is 1. The van der Waals surface area contributed by atoms with Gasteiger partial charge in [-0.05, 0) is 30.9 Å². The fourth-order valence-corrected chi connectivity index (χ4v) is 1.88. The molecular weight excluding hydrogens is 218 g/mol. The Labute approximate surface area is 100 Å². The van der Waals surface area contributed by atoms with E-state index in [0.29, 0.717) is 12.5 Å². The van der Waals surface area contributed by atoms with Crippen molar-refractivity contribution in [2.24, 2.45) is 13.0 Å². The second-order valence-electron chi connectivity index (χ2n) is 4.45. The van der Waals surface area contributed by atoms with Gasteiger partial charge in [0.2, 0.25) is 5.91 Å². The van der Waals surface area contributed by atoms with Gasteiger partial charge >= 0.3 is 0 Å². The minimum Gasteiger partial charge on any atom is -0.393 e. The lowest BCUT2D eigenvalue weighted by Crippen LogP contribution is -2.37. The zero-order valence-corrected chi connectivity index (χ0v) is 9.84. The SMILES string of the molecule is Cn1nccc1C=CC(=O)NCC1CC(O)C1. The molecule has 1 fully saturated rings. The van der Waals surface area contributed by atoms with Crippen LogP contribution in [0.5, 0.6) is 0 Å². The molecule has 2 rings (SSSR count). The minimum absolute atomic E-state index is 0.104. The predicted molar refractivity (Wildman–Crippen MR) is 64.0 cm³/mol. The standard InChI is InChI=1S/C12H17N3O2/c1-15-10(4-5-14-15)2-3-12(17)13-8-9-6-11(16)7-9/h2-5,9,11,16H,6-8H2,1H3,(H,13,17). The summed E-state index contributed by atoms with van der Waals surface area (Å²) in [5.41, 5.74) is 0.888. The smallest absolute Gasteiger partial charge is 0.244 e. The largest absolute Gasteiger partial charge is 0.393 e. The van der Waals surface area contributed by atoms with E-state index in [1.807, 2.05) is 13.1 Å². The number of carbonyl (C=O) groups excluding carboxylic acids is 1. The second-order valence-corrected chi connectivity index (χ2v) is 4.45. The molecule has 1 amide bonds. The number of rotatable bonds is 4. The van der Waals surface area contributed by atoms with Crippen molar-refractivity contribution in [2.75, 3.05) is 6.54 Å². The van der Waals surface area contributed by atoms with Crippen molar-refractivity contribution in [3.05, 3.63) is 24.0 Å². The zero-order valence-electron chi connectivity index (χ0n) is 9.84. The van der Waals surface area contributed by atoms with Crippen molar-refractivity contribution in [2.45, 2.75) is 18.9 Å². The van der Waals surface area contributed by atoms with Gasteiger partial charge in [0, 0.05) is 25.9 Å². The van der Waals surface area contributed by atoms with Crippen molar-refractivity contribution in [3.63, 3.8) is 0 Å². The molecule has 0 radical (unpaired) electrons. The highest BCUT2D eigenvalue weighted by molar-refractivity contribution is 5.91. The Morgan fingerprint density at radius 3 is 3.06 bits per heavy atom. The lowest BCUT2D eigenvalue weighted by atomic mass is 9.82. The number of hydrogen-bond acceptors (Lipinski definition) is 3. The lowest BCUT2D eigenvalue weighted by molar-refractivity contribution is -0.117. The predicted octanol–water partition coefficient (Wildman–Crippen LogP) is 0.320. The molecule has 0 aromatic carbocycles. The molecule has 0 saturated heterocycles. The molecule has 1 aliphatic rings. The van der Waals surface area contributed by atoms with Crippen molar-refractivity contribution >= 4 is 12.0 Å². The minimum atomic E-state index is -0.165. The summed E-state index contributed by atoms with van der Waals surface area (Å²) in [7, 11) is 1.83. The number of aryl methyl sites for hydroxylation is 1. The van der Waals surface area contributed by atoms with Crippen LogP contribution < -0.4 is 5.32 Å². The molecule has 0 spiro atoms. The number of aromatic nitrogens is 2. The van der Waals surface area contributed by atoms with Crippen molar-refractivity contribution < 1.29 is 9.90 Å². The van der Waals surface area contributed by atoms with Crippen LogP contribution in [0.3, 0.4) is 0 Å². The molecular formula is C12H17N3O2. The summed E-state index contributed by atoms with van der Waals surface area (Å²) in [6.45, 7) is 0.644. The van der Waals surface area contributed by atoms with E-state index in [9.17, 15) is 4.79 Å². The second kappa shape index (κ2) is 5.14. The van der Waals surface area contributed by atoms with Gasteiger partial charge in [0.15, 0.2) is 0 Å². The molecule has 0 unspecified atom stereocenters. The van der Waals surface area contributed by atoms with E-state index >= 15 is 0 Å². The van der Waals surface area contributed by atoms with Crippen LogP contribution in [-0.2, 0) is 11.8 Å². The van der Waals surface area contributed by atoms with Crippen LogP contribution >= 0.6 is 0 Å². The fourth-order valence-electron chi connectivity index (χ4n) is 1.88. The van der Waals surface area contributed by atoms with Gasteiger partial charge in [-0.15, -0.1) is 0 Å². The van der Waals surface area contributed by atoms with E-state index in [1.165, 1.54) is 6.08 Å². The number of aliphatic hydroxyl groups excluding tert-OH is 1. The van der Waals surface area contributed by atoms with Crippen molar-refractivity contribution in [1.82, 2.24) is 15.1 Å². The van der Waals surface area contributed by atoms with Gasteiger partial charge in [-0.1, -0.05) is 0 Å². The maximum atomic E-state index is 11.5. The summed E-state index contributed by atoms with van der Waals surface area (Å²) in [6, 6.07) is 1.84. The number of amides is 1. The van der Waals surface area contributed by atoms with E-state index in [4.69, 9.17) is 5.11 Å². The van der Waals surface area contributed by atoms with E-state index < -0.39 is 0 Å². The normalized spacial score (nSPS) is 23.6. The molecule has 5 nitrogen and oxygen atoms in total. The topological polar surface area (TPSA) is 67.2 Å². The van der Waals surface area contributed by atoms with Crippen LogP contribution in [0.4, 0.5) is 0 Å². The number of carbonyl (C=O) groups is 1. The Hall–Kier alpha value is -1.62. The third-order valence-corrected chi connectivity index (χ3v) is 3.04. The third-order valence-electron chi connectivity index (χ3n) is 3.04. The molecule has 1 aliphatic carbocycles. The van der Waals surface area contributed by atoms with Crippen LogP contribution in [0.15, 0.2) is 18.3 Å². The van der Waals surface area contributed by atoms with Crippen LogP contribution in [0.1, 0.15) is 18.5 Å². The van der Waals surface area contributed by atoms with Gasteiger partial charge in [-0.2, -0.15) is 5.10 Å². The Morgan fingerprint density at radius 2 is 2.47 bits per heavy atom. The highest BCUT2D eigenvalue weighted by Crippen LogP contribution is 2.25. The molecule has 92 valence electrons. The molecule has 0 aliphatic heterocycles. The summed E-state index contributed by atoms with van der Waals surface area (Å²) >= 11 is 0. The molecule has 1 saturated carbocycles. The zero-order chi connectivity index (χ0) is 12.3. The molecule has 1 aromatic heterocycles. The number of nitrogens with one attached hydrogen (secondary N) is 1. The van der Waals surface area contributed by atoms with Crippen LogP contribution in [0.2, 0.25) is 0 Å². The molecule has 2 N–H and O–H groups in total. The molecule has 5 heteroatoms. The van der Waals surface area contributed by atoms with Crippen molar-refractivity contribution in [3.8, 4) is 0 Å².